The van der Waals surface area contributed by atoms with Gasteiger partial charge in [0.2, 0.25) is 5.91 Å². The molecule has 2 aliphatic rings. The second kappa shape index (κ2) is 11.0. The molecule has 0 bridgehead atoms. The third-order valence-electron chi connectivity index (χ3n) is 6.24. The third-order valence-corrected chi connectivity index (χ3v) is 6.24. The van der Waals surface area contributed by atoms with Crippen molar-refractivity contribution in [1.29, 1.82) is 0 Å². The fourth-order valence-corrected chi connectivity index (χ4v) is 4.44. The number of benzene rings is 2. The molecule has 2 aromatic carbocycles. The van der Waals surface area contributed by atoms with E-state index in [1.54, 1.807) is 30.3 Å². The fraction of sp³-hybridized carbons (Fsp3) is 0.423. The van der Waals surface area contributed by atoms with Crippen LogP contribution in [0.3, 0.4) is 0 Å². The molecule has 2 heterocycles. The maximum absolute atomic E-state index is 12.9. The molecule has 7 heteroatoms. The van der Waals surface area contributed by atoms with E-state index in [1.807, 2.05) is 28.0 Å². The summed E-state index contributed by atoms with van der Waals surface area (Å²) in [6.45, 7) is 3.25. The number of carbonyl (C=O) groups excluding carboxylic acids is 3. The van der Waals surface area contributed by atoms with E-state index in [9.17, 15) is 14.4 Å². The zero-order valence-electron chi connectivity index (χ0n) is 19.0. The molecule has 0 spiro atoms. The molecule has 0 aromatic heterocycles. The number of amides is 3. The zero-order valence-corrected chi connectivity index (χ0v) is 19.0. The Bertz CT molecular complexity index is 993. The topological polar surface area (TPSA) is 81.8 Å². The Balaban J connectivity index is 1.32. The van der Waals surface area contributed by atoms with Crippen LogP contribution >= 0.6 is 0 Å². The van der Waals surface area contributed by atoms with Gasteiger partial charge in [-0.05, 0) is 62.1 Å². The van der Waals surface area contributed by atoms with Crippen molar-refractivity contribution >= 4 is 29.1 Å². The van der Waals surface area contributed by atoms with Crippen molar-refractivity contribution < 1.29 is 14.4 Å². The molecule has 2 fully saturated rings. The summed E-state index contributed by atoms with van der Waals surface area (Å²) in [5.74, 6) is -0.165. The van der Waals surface area contributed by atoms with Crippen LogP contribution in [0.5, 0.6) is 0 Å². The number of hydrogen-bond donors (Lipinski definition) is 2. The molecule has 0 radical (unpaired) electrons. The highest BCUT2D eigenvalue weighted by molar-refractivity contribution is 5.98. The Hall–Kier alpha value is -3.35. The lowest BCUT2D eigenvalue weighted by molar-refractivity contribution is -0.114. The van der Waals surface area contributed by atoms with Gasteiger partial charge < -0.3 is 20.4 Å². The summed E-state index contributed by atoms with van der Waals surface area (Å²) in [4.78, 5) is 41.7. The monoisotopic (exact) mass is 448 g/mol. The minimum absolute atomic E-state index is 0.00705. The smallest absolute Gasteiger partial charge is 0.253 e. The molecule has 33 heavy (non-hydrogen) atoms. The predicted molar refractivity (Wildman–Crippen MR) is 130 cm³/mol. The second-order valence-electron chi connectivity index (χ2n) is 8.77. The van der Waals surface area contributed by atoms with Crippen LogP contribution in [0.15, 0.2) is 48.5 Å². The van der Waals surface area contributed by atoms with Crippen LogP contribution < -0.4 is 10.6 Å². The van der Waals surface area contributed by atoms with Crippen molar-refractivity contribution in [2.45, 2.75) is 38.5 Å². The van der Waals surface area contributed by atoms with Crippen molar-refractivity contribution in [2.24, 2.45) is 0 Å². The molecule has 0 aliphatic carbocycles. The summed E-state index contributed by atoms with van der Waals surface area (Å²) in [6.07, 6.45) is 6.53. The highest BCUT2D eigenvalue weighted by Gasteiger charge is 2.20. The van der Waals surface area contributed by atoms with Gasteiger partial charge in [0.15, 0.2) is 0 Å². The average molecular weight is 449 g/mol. The number of nitrogens with one attached hydrogen (secondary N) is 2. The van der Waals surface area contributed by atoms with Crippen LogP contribution in [0.4, 0.5) is 11.4 Å². The van der Waals surface area contributed by atoms with Gasteiger partial charge in [-0.1, -0.05) is 25.0 Å². The summed E-state index contributed by atoms with van der Waals surface area (Å²) >= 11 is 0. The first-order valence-electron chi connectivity index (χ1n) is 11.9. The highest BCUT2D eigenvalue weighted by Crippen LogP contribution is 2.18. The molecule has 7 nitrogen and oxygen atoms in total. The first kappa shape index (κ1) is 22.8. The van der Waals surface area contributed by atoms with E-state index in [2.05, 4.69) is 10.6 Å². The molecule has 2 aromatic rings. The van der Waals surface area contributed by atoms with E-state index in [0.717, 1.165) is 57.5 Å². The Morgan fingerprint density at radius 1 is 0.667 bits per heavy atom. The maximum Gasteiger partial charge on any atom is 0.253 e. The summed E-state index contributed by atoms with van der Waals surface area (Å²) < 4.78 is 0. The molecular formula is C26H32N4O3. The van der Waals surface area contributed by atoms with Gasteiger partial charge in [-0.3, -0.25) is 14.4 Å². The van der Waals surface area contributed by atoms with Crippen LogP contribution in [0, 0.1) is 0 Å². The molecule has 0 unspecified atom stereocenters. The Morgan fingerprint density at radius 3 is 1.73 bits per heavy atom. The SMILES string of the molecule is O=C(CNc1cccc(C(=O)N2CCCCCC2)c1)Nc1cccc(C(=O)N2CCCC2)c1. The molecule has 2 aliphatic heterocycles. The number of anilines is 2. The lowest BCUT2D eigenvalue weighted by Gasteiger charge is -2.20. The zero-order chi connectivity index (χ0) is 23.0. The maximum atomic E-state index is 12.9. The normalized spacial score (nSPS) is 16.2. The minimum atomic E-state index is -0.218. The number of likely N-dealkylation sites (tertiary alicyclic amines) is 2. The van der Waals surface area contributed by atoms with Gasteiger partial charge in [0.25, 0.3) is 11.8 Å². The van der Waals surface area contributed by atoms with Gasteiger partial charge in [-0.25, -0.2) is 0 Å². The molecule has 3 amide bonds. The van der Waals surface area contributed by atoms with Gasteiger partial charge in [0.1, 0.15) is 0 Å². The summed E-state index contributed by atoms with van der Waals surface area (Å²) in [7, 11) is 0. The van der Waals surface area contributed by atoms with Crippen molar-refractivity contribution in [1.82, 2.24) is 9.80 Å². The van der Waals surface area contributed by atoms with E-state index in [0.29, 0.717) is 16.8 Å². The molecular weight excluding hydrogens is 416 g/mol. The molecule has 0 saturated carbocycles. The van der Waals surface area contributed by atoms with E-state index in [1.165, 1.54) is 12.8 Å². The average Bonchev–Trinajstić information content (AvgIpc) is 3.24. The van der Waals surface area contributed by atoms with Crippen LogP contribution in [-0.4, -0.2) is 60.2 Å². The van der Waals surface area contributed by atoms with Crippen molar-refractivity contribution in [3.8, 4) is 0 Å². The number of rotatable bonds is 6. The van der Waals surface area contributed by atoms with E-state index in [-0.39, 0.29) is 24.3 Å². The first-order valence-corrected chi connectivity index (χ1v) is 11.9. The highest BCUT2D eigenvalue weighted by atomic mass is 16.2. The van der Waals surface area contributed by atoms with Crippen LogP contribution in [0.1, 0.15) is 59.2 Å². The standard InChI is InChI=1S/C26H32N4O3/c31-24(28-23-12-8-10-21(18-23)26(33)30-15-5-6-16-30)19-27-22-11-7-9-20(17-22)25(32)29-13-3-1-2-4-14-29/h7-12,17-18,27H,1-6,13-16,19H2,(H,28,31). The van der Waals surface area contributed by atoms with Crippen LogP contribution in [-0.2, 0) is 4.79 Å². The Labute approximate surface area is 195 Å². The second-order valence-corrected chi connectivity index (χ2v) is 8.77. The number of hydrogen-bond acceptors (Lipinski definition) is 4. The lowest BCUT2D eigenvalue weighted by Crippen LogP contribution is -2.31. The predicted octanol–water partition coefficient (Wildman–Crippen LogP) is 3.99. The number of carbonyl (C=O) groups is 3. The molecule has 2 N–H and O–H groups in total. The quantitative estimate of drug-likeness (QED) is 0.700. The Kier molecular flexibility index (Phi) is 7.60. The van der Waals surface area contributed by atoms with Gasteiger partial charge in [-0.15, -0.1) is 0 Å². The largest absolute Gasteiger partial charge is 0.376 e. The number of nitrogens with zero attached hydrogens (tertiary/aromatic N) is 2. The van der Waals surface area contributed by atoms with E-state index >= 15 is 0 Å². The summed E-state index contributed by atoms with van der Waals surface area (Å²) in [6, 6.07) is 14.4. The molecule has 4 rings (SSSR count). The van der Waals surface area contributed by atoms with Crippen LogP contribution in [0.25, 0.3) is 0 Å². The fourth-order valence-electron chi connectivity index (χ4n) is 4.44. The van der Waals surface area contributed by atoms with Crippen LogP contribution in [0.2, 0.25) is 0 Å². The van der Waals surface area contributed by atoms with E-state index in [4.69, 9.17) is 0 Å². The van der Waals surface area contributed by atoms with Crippen molar-refractivity contribution in [3.05, 3.63) is 59.7 Å². The molecule has 174 valence electrons. The molecule has 2 saturated heterocycles. The minimum Gasteiger partial charge on any atom is -0.376 e. The van der Waals surface area contributed by atoms with Gasteiger partial charge >= 0.3 is 0 Å². The van der Waals surface area contributed by atoms with Gasteiger partial charge in [-0.2, -0.15) is 0 Å². The summed E-state index contributed by atoms with van der Waals surface area (Å²) in [5, 5.41) is 5.95. The Morgan fingerprint density at radius 2 is 1.15 bits per heavy atom. The molecule has 0 atom stereocenters. The third kappa shape index (κ3) is 6.12. The summed E-state index contributed by atoms with van der Waals surface area (Å²) in [5.41, 5.74) is 2.54. The van der Waals surface area contributed by atoms with E-state index < -0.39 is 0 Å². The lowest BCUT2D eigenvalue weighted by atomic mass is 10.1. The van der Waals surface area contributed by atoms with Gasteiger partial charge in [0, 0.05) is 48.7 Å². The van der Waals surface area contributed by atoms with Gasteiger partial charge in [0.05, 0.1) is 6.54 Å². The van der Waals surface area contributed by atoms with Crippen molar-refractivity contribution in [2.75, 3.05) is 43.4 Å². The first-order chi connectivity index (χ1) is 16.1. The van der Waals surface area contributed by atoms with Crippen molar-refractivity contribution in [3.63, 3.8) is 0 Å².